The van der Waals surface area contributed by atoms with E-state index in [1.54, 1.807) is 6.92 Å². The van der Waals surface area contributed by atoms with Crippen molar-refractivity contribution in [2.45, 2.75) is 26.3 Å². The molecule has 0 bridgehead atoms. The molecule has 2 atom stereocenters. The van der Waals surface area contributed by atoms with Crippen molar-refractivity contribution in [3.8, 4) is 0 Å². The predicted molar refractivity (Wildman–Crippen MR) is 43.9 cm³/mol. The first-order valence-electron chi connectivity index (χ1n) is 3.09. The van der Waals surface area contributed by atoms with E-state index in [9.17, 15) is 4.79 Å². The van der Waals surface area contributed by atoms with Gasteiger partial charge in [0.15, 0.2) is 0 Å². The normalized spacial score (nSPS) is 15.1. The maximum Gasteiger partial charge on any atom is 0.220 e. The summed E-state index contributed by atoms with van der Waals surface area (Å²) in [6.07, 6.45) is 0.676. The summed E-state index contributed by atoms with van der Waals surface area (Å²) in [5.74, 6) is -0.364. The highest BCUT2D eigenvalue weighted by atomic mass is 35.5. The topological polar surface area (TPSA) is 69.1 Å². The van der Waals surface area contributed by atoms with Crippen LogP contribution in [-0.4, -0.2) is 11.9 Å². The van der Waals surface area contributed by atoms with Crippen molar-refractivity contribution in [1.29, 1.82) is 0 Å². The molecule has 2 unspecified atom stereocenters. The van der Waals surface area contributed by atoms with Crippen LogP contribution in [0.5, 0.6) is 0 Å². The Morgan fingerprint density at radius 3 is 2.00 bits per heavy atom. The Morgan fingerprint density at radius 2 is 1.90 bits per heavy atom. The fourth-order valence-electron chi connectivity index (χ4n) is 0.674. The number of rotatable bonds is 3. The minimum atomic E-state index is -0.271. The van der Waals surface area contributed by atoms with Gasteiger partial charge in [-0.15, -0.1) is 12.4 Å². The van der Waals surface area contributed by atoms with E-state index < -0.39 is 0 Å². The number of hydrogen-bond donors (Lipinski definition) is 2. The average Bonchev–Trinajstić information content (AvgIpc) is 1.63. The van der Waals surface area contributed by atoms with Gasteiger partial charge in [0.25, 0.3) is 0 Å². The van der Waals surface area contributed by atoms with Crippen LogP contribution in [0.4, 0.5) is 0 Å². The van der Waals surface area contributed by atoms with Gasteiger partial charge in [-0.05, 0) is 13.3 Å². The molecule has 0 saturated heterocycles. The summed E-state index contributed by atoms with van der Waals surface area (Å²) < 4.78 is 0. The SMILES string of the molecule is CC(N)CC(C)C(N)=O.Cl. The van der Waals surface area contributed by atoms with E-state index in [1.807, 2.05) is 6.92 Å². The quantitative estimate of drug-likeness (QED) is 0.632. The Morgan fingerprint density at radius 1 is 1.50 bits per heavy atom. The van der Waals surface area contributed by atoms with Gasteiger partial charge in [0, 0.05) is 12.0 Å². The Labute approximate surface area is 67.6 Å². The third-order valence-corrected chi connectivity index (χ3v) is 1.21. The van der Waals surface area contributed by atoms with E-state index in [2.05, 4.69) is 0 Å². The first-order valence-corrected chi connectivity index (χ1v) is 3.09. The van der Waals surface area contributed by atoms with Crippen LogP contribution < -0.4 is 11.5 Å². The molecule has 0 aromatic heterocycles. The van der Waals surface area contributed by atoms with Gasteiger partial charge in [-0.1, -0.05) is 6.92 Å². The maximum absolute atomic E-state index is 10.4. The van der Waals surface area contributed by atoms with E-state index in [1.165, 1.54) is 0 Å². The number of carbonyl (C=O) groups excluding carboxylic acids is 1. The van der Waals surface area contributed by atoms with Gasteiger partial charge in [-0.2, -0.15) is 0 Å². The summed E-state index contributed by atoms with van der Waals surface area (Å²) in [6.45, 7) is 3.64. The van der Waals surface area contributed by atoms with E-state index in [0.717, 1.165) is 0 Å². The average molecular weight is 167 g/mol. The zero-order valence-corrected chi connectivity index (χ0v) is 7.15. The van der Waals surface area contributed by atoms with Gasteiger partial charge < -0.3 is 11.5 Å². The summed E-state index contributed by atoms with van der Waals surface area (Å²) in [5, 5.41) is 0. The fraction of sp³-hybridized carbons (Fsp3) is 0.833. The van der Waals surface area contributed by atoms with Crippen molar-refractivity contribution < 1.29 is 4.79 Å². The van der Waals surface area contributed by atoms with E-state index >= 15 is 0 Å². The fourth-order valence-corrected chi connectivity index (χ4v) is 0.674. The molecule has 62 valence electrons. The summed E-state index contributed by atoms with van der Waals surface area (Å²) in [7, 11) is 0. The lowest BCUT2D eigenvalue weighted by atomic mass is 10.0. The number of nitrogens with two attached hydrogens (primary N) is 2. The third-order valence-electron chi connectivity index (χ3n) is 1.21. The lowest BCUT2D eigenvalue weighted by molar-refractivity contribution is -0.121. The Hall–Kier alpha value is -0.280. The summed E-state index contributed by atoms with van der Waals surface area (Å²) in [6, 6.07) is 0.0625. The molecule has 0 fully saturated rings. The lowest BCUT2D eigenvalue weighted by Gasteiger charge is -2.08. The zero-order chi connectivity index (χ0) is 7.44. The highest BCUT2D eigenvalue weighted by molar-refractivity contribution is 5.85. The van der Waals surface area contributed by atoms with Gasteiger partial charge in [0.05, 0.1) is 0 Å². The number of halogens is 1. The lowest BCUT2D eigenvalue weighted by Crippen LogP contribution is -2.27. The van der Waals surface area contributed by atoms with Gasteiger partial charge in [0.1, 0.15) is 0 Å². The van der Waals surface area contributed by atoms with Crippen LogP contribution in [0.3, 0.4) is 0 Å². The number of hydrogen-bond acceptors (Lipinski definition) is 2. The predicted octanol–water partition coefficient (Wildman–Crippen LogP) is 0.267. The van der Waals surface area contributed by atoms with Crippen molar-refractivity contribution in [2.75, 3.05) is 0 Å². The molecule has 0 rings (SSSR count). The molecule has 0 aromatic carbocycles. The van der Waals surface area contributed by atoms with Crippen LogP contribution in [0.2, 0.25) is 0 Å². The molecule has 0 radical (unpaired) electrons. The smallest absolute Gasteiger partial charge is 0.220 e. The van der Waals surface area contributed by atoms with Crippen LogP contribution >= 0.6 is 12.4 Å². The standard InChI is InChI=1S/C6H14N2O.ClH/c1-4(6(8)9)3-5(2)7;/h4-5H,3,7H2,1-2H3,(H2,8,9);1H. The first kappa shape index (κ1) is 12.4. The highest BCUT2D eigenvalue weighted by Gasteiger charge is 2.09. The number of amides is 1. The van der Waals surface area contributed by atoms with Gasteiger partial charge >= 0.3 is 0 Å². The molecule has 4 heteroatoms. The van der Waals surface area contributed by atoms with Crippen molar-refractivity contribution in [3.05, 3.63) is 0 Å². The van der Waals surface area contributed by atoms with Crippen LogP contribution in [0.15, 0.2) is 0 Å². The van der Waals surface area contributed by atoms with Crippen LogP contribution in [0.1, 0.15) is 20.3 Å². The first-order chi connectivity index (χ1) is 4.04. The zero-order valence-electron chi connectivity index (χ0n) is 6.33. The Kier molecular flexibility index (Phi) is 6.82. The molecule has 0 aliphatic rings. The minimum absolute atomic E-state index is 0. The second kappa shape index (κ2) is 5.50. The van der Waals surface area contributed by atoms with Crippen molar-refractivity contribution in [3.63, 3.8) is 0 Å². The van der Waals surface area contributed by atoms with Gasteiger partial charge in [0.2, 0.25) is 5.91 Å². The van der Waals surface area contributed by atoms with Crippen LogP contribution in [0, 0.1) is 5.92 Å². The van der Waals surface area contributed by atoms with E-state index in [-0.39, 0.29) is 30.3 Å². The molecular formula is C6H15ClN2O. The molecule has 0 aliphatic heterocycles. The number of primary amides is 1. The van der Waals surface area contributed by atoms with Crippen LogP contribution in [0.25, 0.3) is 0 Å². The molecule has 0 spiro atoms. The Balaban J connectivity index is 0. The molecule has 0 saturated carbocycles. The van der Waals surface area contributed by atoms with E-state index in [0.29, 0.717) is 6.42 Å². The second-order valence-electron chi connectivity index (χ2n) is 2.52. The third kappa shape index (κ3) is 5.85. The largest absolute Gasteiger partial charge is 0.369 e. The Bertz CT molecular complexity index is 106. The van der Waals surface area contributed by atoms with Crippen LogP contribution in [-0.2, 0) is 4.79 Å². The molecule has 10 heavy (non-hydrogen) atoms. The van der Waals surface area contributed by atoms with Crippen molar-refractivity contribution >= 4 is 18.3 Å². The van der Waals surface area contributed by atoms with Crippen molar-refractivity contribution in [2.24, 2.45) is 17.4 Å². The van der Waals surface area contributed by atoms with E-state index in [4.69, 9.17) is 11.5 Å². The molecule has 3 nitrogen and oxygen atoms in total. The van der Waals surface area contributed by atoms with Gasteiger partial charge in [-0.25, -0.2) is 0 Å². The summed E-state index contributed by atoms with van der Waals surface area (Å²) in [4.78, 5) is 10.4. The highest BCUT2D eigenvalue weighted by Crippen LogP contribution is 2.01. The molecule has 4 N–H and O–H groups in total. The van der Waals surface area contributed by atoms with Gasteiger partial charge in [-0.3, -0.25) is 4.79 Å². The summed E-state index contributed by atoms with van der Waals surface area (Å²) >= 11 is 0. The molecule has 0 aliphatic carbocycles. The van der Waals surface area contributed by atoms with Crippen molar-refractivity contribution in [1.82, 2.24) is 0 Å². The minimum Gasteiger partial charge on any atom is -0.369 e. The second-order valence-corrected chi connectivity index (χ2v) is 2.52. The molecule has 0 heterocycles. The maximum atomic E-state index is 10.4. The monoisotopic (exact) mass is 166 g/mol. The molecule has 0 aromatic rings. The number of carbonyl (C=O) groups is 1. The molecule has 1 amide bonds. The summed E-state index contributed by atoms with van der Waals surface area (Å²) in [5.41, 5.74) is 10.4. The molecular weight excluding hydrogens is 152 g/mol.